The number of nitrogens with two attached hydrogens (primary N) is 1. The summed E-state index contributed by atoms with van der Waals surface area (Å²) < 4.78 is 7.82. The van der Waals surface area contributed by atoms with Crippen LogP contribution in [0.5, 0.6) is 5.75 Å². The maximum atomic E-state index is 9.51. The van der Waals surface area contributed by atoms with Crippen molar-refractivity contribution in [3.63, 3.8) is 0 Å². The molecular weight excluding hydrogens is 382 g/mol. The summed E-state index contributed by atoms with van der Waals surface area (Å²) in [6.45, 7) is 5.53. The zero-order valence-electron chi connectivity index (χ0n) is 17.6. The van der Waals surface area contributed by atoms with Crippen molar-refractivity contribution in [2.75, 3.05) is 55.4 Å². The summed E-state index contributed by atoms with van der Waals surface area (Å²) in [4.78, 5) is 13.1. The van der Waals surface area contributed by atoms with Gasteiger partial charge in [-0.2, -0.15) is 10.1 Å². The average Bonchev–Trinajstić information content (AvgIpc) is 3.13. The van der Waals surface area contributed by atoms with Crippen molar-refractivity contribution in [3.8, 4) is 5.75 Å². The van der Waals surface area contributed by atoms with Gasteiger partial charge in [-0.3, -0.25) is 4.68 Å². The van der Waals surface area contributed by atoms with Crippen molar-refractivity contribution in [1.82, 2.24) is 19.7 Å². The van der Waals surface area contributed by atoms with Crippen LogP contribution in [0.1, 0.15) is 25.3 Å². The Morgan fingerprint density at radius 3 is 2.93 bits per heavy atom. The monoisotopic (exact) mass is 411 g/mol. The number of benzene rings is 1. The molecule has 3 heterocycles. The molecule has 0 bridgehead atoms. The van der Waals surface area contributed by atoms with Crippen LogP contribution in [0, 0.1) is 0 Å². The molecule has 0 fully saturated rings. The van der Waals surface area contributed by atoms with Gasteiger partial charge in [0.05, 0.1) is 31.6 Å². The number of anilines is 3. The van der Waals surface area contributed by atoms with Crippen LogP contribution in [0.4, 0.5) is 17.5 Å². The van der Waals surface area contributed by atoms with Crippen molar-refractivity contribution < 1.29 is 9.84 Å². The van der Waals surface area contributed by atoms with Crippen LogP contribution in [-0.4, -0.2) is 64.8 Å². The van der Waals surface area contributed by atoms with Crippen molar-refractivity contribution in [2.24, 2.45) is 0 Å². The Labute approximate surface area is 176 Å². The molecule has 1 aromatic carbocycles. The molecule has 0 spiro atoms. The van der Waals surface area contributed by atoms with Crippen LogP contribution in [0.2, 0.25) is 0 Å². The largest absolute Gasteiger partial charge is 0.489 e. The first kappa shape index (κ1) is 20.2. The lowest BCUT2D eigenvalue weighted by Crippen LogP contribution is -2.29. The number of aromatic nitrogens is 4. The number of likely N-dealkylation sites (N-methyl/N-ethyl adjacent to an activating group) is 1. The molecule has 160 valence electrons. The third kappa shape index (κ3) is 3.97. The van der Waals surface area contributed by atoms with Gasteiger partial charge in [0.2, 0.25) is 5.95 Å². The van der Waals surface area contributed by atoms with Crippen molar-refractivity contribution in [2.45, 2.75) is 26.3 Å². The lowest BCUT2D eigenvalue weighted by Gasteiger charge is -2.29. The Bertz CT molecular complexity index is 1020. The van der Waals surface area contributed by atoms with Crippen LogP contribution < -0.4 is 20.3 Å². The second-order valence-corrected chi connectivity index (χ2v) is 7.57. The first-order valence-electron chi connectivity index (χ1n) is 10.4. The van der Waals surface area contributed by atoms with E-state index in [4.69, 9.17) is 15.6 Å². The second kappa shape index (κ2) is 8.74. The van der Waals surface area contributed by atoms with Gasteiger partial charge in [-0.15, -0.1) is 0 Å². The number of unbranched alkanes of at least 4 members (excludes halogenated alkanes) is 1. The summed E-state index contributed by atoms with van der Waals surface area (Å²) in [7, 11) is 2.07. The van der Waals surface area contributed by atoms with Gasteiger partial charge in [0.25, 0.3) is 0 Å². The zero-order valence-corrected chi connectivity index (χ0v) is 17.6. The van der Waals surface area contributed by atoms with Crippen LogP contribution in [0.3, 0.4) is 0 Å². The van der Waals surface area contributed by atoms with Crippen molar-refractivity contribution >= 4 is 28.5 Å². The molecule has 30 heavy (non-hydrogen) atoms. The SMILES string of the molecule is CCCCN(CCO)c1nc(N)nc2cn(Cc3cccc4c3OCCN4C)nc12. The predicted molar refractivity (Wildman–Crippen MR) is 118 cm³/mol. The quantitative estimate of drug-likeness (QED) is 0.579. The number of ether oxygens (including phenoxy) is 1. The maximum Gasteiger partial charge on any atom is 0.222 e. The highest BCUT2D eigenvalue weighted by molar-refractivity contribution is 5.86. The molecule has 0 saturated carbocycles. The summed E-state index contributed by atoms with van der Waals surface area (Å²) in [5.41, 5.74) is 9.52. The van der Waals surface area contributed by atoms with E-state index < -0.39 is 0 Å². The number of aliphatic hydroxyl groups is 1. The third-order valence-corrected chi connectivity index (χ3v) is 5.35. The first-order chi connectivity index (χ1) is 14.6. The molecule has 0 aliphatic carbocycles. The molecule has 0 amide bonds. The van der Waals surface area contributed by atoms with Gasteiger partial charge in [0.1, 0.15) is 17.9 Å². The highest BCUT2D eigenvalue weighted by atomic mass is 16.5. The van der Waals surface area contributed by atoms with E-state index in [2.05, 4.69) is 41.0 Å². The first-order valence-corrected chi connectivity index (χ1v) is 10.4. The van der Waals surface area contributed by atoms with Crippen LogP contribution in [0.15, 0.2) is 24.4 Å². The third-order valence-electron chi connectivity index (χ3n) is 5.35. The smallest absolute Gasteiger partial charge is 0.222 e. The van der Waals surface area contributed by atoms with E-state index in [-0.39, 0.29) is 12.6 Å². The fourth-order valence-electron chi connectivity index (χ4n) is 3.80. The number of nitrogen functional groups attached to an aromatic ring is 1. The summed E-state index contributed by atoms with van der Waals surface area (Å²) >= 11 is 0. The minimum atomic E-state index is 0.0385. The molecule has 2 aromatic heterocycles. The molecule has 3 N–H and O–H groups in total. The van der Waals surface area contributed by atoms with E-state index in [1.807, 2.05) is 21.8 Å². The molecule has 9 heteroatoms. The Morgan fingerprint density at radius 1 is 1.27 bits per heavy atom. The summed E-state index contributed by atoms with van der Waals surface area (Å²) in [6, 6.07) is 6.17. The lowest BCUT2D eigenvalue weighted by atomic mass is 10.1. The van der Waals surface area contributed by atoms with Gasteiger partial charge in [-0.25, -0.2) is 4.98 Å². The van der Waals surface area contributed by atoms with Crippen LogP contribution >= 0.6 is 0 Å². The van der Waals surface area contributed by atoms with E-state index in [1.165, 1.54) is 0 Å². The number of rotatable bonds is 8. The van der Waals surface area contributed by atoms with Crippen LogP contribution in [0.25, 0.3) is 11.0 Å². The maximum absolute atomic E-state index is 9.51. The van der Waals surface area contributed by atoms with Gasteiger partial charge in [-0.1, -0.05) is 25.5 Å². The lowest BCUT2D eigenvalue weighted by molar-refractivity contribution is 0.301. The topological polar surface area (TPSA) is 106 Å². The fraction of sp³-hybridized carbons (Fsp3) is 0.476. The molecular formula is C21H29N7O2. The number of nitrogens with zero attached hydrogens (tertiary/aromatic N) is 6. The van der Waals surface area contributed by atoms with Gasteiger partial charge in [0, 0.05) is 25.7 Å². The van der Waals surface area contributed by atoms with Gasteiger partial charge < -0.3 is 25.4 Å². The standard InChI is InChI=1S/C21H29N7O2/c1-3-4-8-27(9-11-29)20-18-16(23-21(22)24-20)14-28(25-18)13-15-6-5-7-17-19(15)30-12-10-26(17)2/h5-7,14,29H,3-4,8-13H2,1-2H3,(H2,22,23). The van der Waals surface area contributed by atoms with Crippen molar-refractivity contribution in [1.29, 1.82) is 0 Å². The predicted octanol–water partition coefficient (Wildman–Crippen LogP) is 1.88. The molecule has 0 atom stereocenters. The number of aliphatic hydroxyl groups excluding tert-OH is 1. The average molecular weight is 412 g/mol. The molecule has 1 aliphatic heterocycles. The van der Waals surface area contributed by atoms with E-state index in [0.29, 0.717) is 36.5 Å². The van der Waals surface area contributed by atoms with Crippen molar-refractivity contribution in [3.05, 3.63) is 30.0 Å². The van der Waals surface area contributed by atoms with Gasteiger partial charge in [-0.05, 0) is 12.5 Å². The Balaban J connectivity index is 1.70. The highest BCUT2D eigenvalue weighted by Crippen LogP contribution is 2.34. The summed E-state index contributed by atoms with van der Waals surface area (Å²) in [5.74, 6) is 1.78. The molecule has 3 aromatic rings. The number of para-hydroxylation sites is 1. The van der Waals surface area contributed by atoms with Gasteiger partial charge in [0.15, 0.2) is 11.3 Å². The van der Waals surface area contributed by atoms with E-state index in [0.717, 1.165) is 42.9 Å². The Hall–Kier alpha value is -3.07. The number of hydrogen-bond acceptors (Lipinski definition) is 8. The van der Waals surface area contributed by atoms with E-state index >= 15 is 0 Å². The minimum Gasteiger partial charge on any atom is -0.489 e. The van der Waals surface area contributed by atoms with E-state index in [9.17, 15) is 5.11 Å². The Kier molecular flexibility index (Phi) is 5.89. The van der Waals surface area contributed by atoms with Gasteiger partial charge >= 0.3 is 0 Å². The molecule has 0 saturated heterocycles. The normalized spacial score (nSPS) is 13.4. The molecule has 4 rings (SSSR count). The molecule has 1 aliphatic rings. The summed E-state index contributed by atoms with van der Waals surface area (Å²) in [5, 5.41) is 14.3. The number of hydrogen-bond donors (Lipinski definition) is 2. The number of fused-ring (bicyclic) bond motifs is 2. The molecule has 0 radical (unpaired) electrons. The summed E-state index contributed by atoms with van der Waals surface area (Å²) in [6.07, 6.45) is 3.93. The molecule has 0 unspecified atom stereocenters. The highest BCUT2D eigenvalue weighted by Gasteiger charge is 2.20. The zero-order chi connectivity index (χ0) is 21.1. The Morgan fingerprint density at radius 2 is 2.13 bits per heavy atom. The molecule has 9 nitrogen and oxygen atoms in total. The van der Waals surface area contributed by atoms with E-state index in [1.54, 1.807) is 0 Å². The minimum absolute atomic E-state index is 0.0385. The van der Waals surface area contributed by atoms with Crippen LogP contribution in [-0.2, 0) is 6.54 Å². The second-order valence-electron chi connectivity index (χ2n) is 7.57. The fourth-order valence-corrected chi connectivity index (χ4v) is 3.80.